The lowest BCUT2D eigenvalue weighted by Crippen LogP contribution is -2.40. The maximum atomic E-state index is 13.7. The number of nitrogens with zero attached hydrogens (tertiary/aromatic N) is 3. The first kappa shape index (κ1) is 28.2. The second-order valence-electron chi connectivity index (χ2n) is 10.7. The Morgan fingerprint density at radius 2 is 1.68 bits per heavy atom. The van der Waals surface area contributed by atoms with Gasteiger partial charge in [-0.3, -0.25) is 0 Å². The Balaban J connectivity index is 1.52. The molecule has 0 spiro atoms. The van der Waals surface area contributed by atoms with Crippen molar-refractivity contribution in [2.45, 2.75) is 58.9 Å². The van der Waals surface area contributed by atoms with Crippen LogP contribution in [0, 0.1) is 5.92 Å². The third-order valence-corrected chi connectivity index (χ3v) is 13.8. The highest BCUT2D eigenvalue weighted by Crippen LogP contribution is 2.39. The zero-order valence-electron chi connectivity index (χ0n) is 21.6. The van der Waals surface area contributed by atoms with Gasteiger partial charge in [-0.05, 0) is 59.0 Å². The highest BCUT2D eigenvalue weighted by atomic mass is 79.9. The van der Waals surface area contributed by atoms with E-state index >= 15 is 0 Å². The molecule has 208 valence electrons. The van der Waals surface area contributed by atoms with Gasteiger partial charge in [0, 0.05) is 42.7 Å². The Labute approximate surface area is 236 Å². The largest absolute Gasteiger partial charge is 0.381 e. The van der Waals surface area contributed by atoms with Crippen molar-refractivity contribution in [2.75, 3.05) is 39.5 Å². The van der Waals surface area contributed by atoms with Gasteiger partial charge in [0.05, 0.1) is 29.1 Å². The Bertz CT molecular complexity index is 1540. The van der Waals surface area contributed by atoms with Crippen LogP contribution in [0.5, 0.6) is 0 Å². The number of imidazole rings is 1. The van der Waals surface area contributed by atoms with E-state index in [1.54, 1.807) is 12.1 Å². The molecule has 0 unspecified atom stereocenters. The van der Waals surface area contributed by atoms with E-state index in [1.807, 2.05) is 6.07 Å². The number of halogens is 1. The lowest BCUT2D eigenvalue weighted by Gasteiger charge is -2.26. The standard InChI is InChI=1S/C25H32BrN3O6S3/c1-25(2,3)24-27-20-14-18(4-5-21(20)29(24)16-17-6-10-34-11-7-17)37(30,31)23-19(26)15-22(36-23)38(32,33)28-8-12-35-13-9-28/h4-5,14-15,17H,6-13,16H2,1-3H3. The van der Waals surface area contributed by atoms with E-state index in [0.29, 0.717) is 24.6 Å². The number of sulfonamides is 1. The first-order chi connectivity index (χ1) is 17.9. The van der Waals surface area contributed by atoms with Crippen molar-refractivity contribution in [2.24, 2.45) is 5.92 Å². The Kier molecular flexibility index (Phi) is 7.84. The van der Waals surface area contributed by atoms with Crippen LogP contribution in [0.15, 0.2) is 42.1 Å². The number of fused-ring (bicyclic) bond motifs is 1. The molecule has 0 bridgehead atoms. The molecule has 0 radical (unpaired) electrons. The number of thiophene rings is 1. The van der Waals surface area contributed by atoms with Crippen molar-refractivity contribution in [3.8, 4) is 0 Å². The fourth-order valence-corrected chi connectivity index (χ4v) is 11.2. The lowest BCUT2D eigenvalue weighted by molar-refractivity contribution is 0.0611. The minimum atomic E-state index is -4.00. The number of benzene rings is 1. The molecule has 9 nitrogen and oxygen atoms in total. The summed E-state index contributed by atoms with van der Waals surface area (Å²) in [7, 11) is -7.82. The van der Waals surface area contributed by atoms with Crippen molar-refractivity contribution >= 4 is 58.2 Å². The van der Waals surface area contributed by atoms with E-state index < -0.39 is 19.9 Å². The number of ether oxygens (including phenoxy) is 2. The summed E-state index contributed by atoms with van der Waals surface area (Å²) in [5, 5.41) is 0. The van der Waals surface area contributed by atoms with Gasteiger partial charge in [0.1, 0.15) is 14.2 Å². The molecular weight excluding hydrogens is 614 g/mol. The van der Waals surface area contributed by atoms with Crippen molar-refractivity contribution in [1.29, 1.82) is 0 Å². The number of morpholine rings is 1. The molecule has 13 heteroatoms. The zero-order chi connectivity index (χ0) is 27.3. The summed E-state index contributed by atoms with van der Waals surface area (Å²) < 4.78 is 68.2. The van der Waals surface area contributed by atoms with Crippen LogP contribution in [0.25, 0.3) is 11.0 Å². The molecule has 0 N–H and O–H groups in total. The molecule has 2 fully saturated rings. The van der Waals surface area contributed by atoms with E-state index in [1.165, 1.54) is 10.4 Å². The van der Waals surface area contributed by atoms with E-state index in [2.05, 4.69) is 41.3 Å². The van der Waals surface area contributed by atoms with Crippen LogP contribution < -0.4 is 0 Å². The Morgan fingerprint density at radius 1 is 1.03 bits per heavy atom. The summed E-state index contributed by atoms with van der Waals surface area (Å²) >= 11 is 4.07. The molecule has 1 aromatic carbocycles. The van der Waals surface area contributed by atoms with Gasteiger partial charge in [0.2, 0.25) is 9.84 Å². The summed E-state index contributed by atoms with van der Waals surface area (Å²) in [6.45, 7) is 9.73. The number of hydrogen-bond donors (Lipinski definition) is 0. The summed E-state index contributed by atoms with van der Waals surface area (Å²) in [4.78, 5) is 4.97. The van der Waals surface area contributed by atoms with Crippen LogP contribution in [0.4, 0.5) is 0 Å². The minimum Gasteiger partial charge on any atom is -0.381 e. The monoisotopic (exact) mass is 645 g/mol. The maximum Gasteiger partial charge on any atom is 0.252 e. The van der Waals surface area contributed by atoms with Crippen LogP contribution >= 0.6 is 27.3 Å². The number of rotatable bonds is 6. The SMILES string of the molecule is CC(C)(C)c1nc2cc(S(=O)(=O)c3sc(S(=O)(=O)N4CCOCC4)cc3Br)ccc2n1CC1CCOCC1. The molecule has 2 aromatic heterocycles. The second kappa shape index (κ2) is 10.6. The predicted octanol–water partition coefficient (Wildman–Crippen LogP) is 4.44. The van der Waals surface area contributed by atoms with Crippen LogP contribution in [-0.2, 0) is 41.3 Å². The third-order valence-electron chi connectivity index (χ3n) is 6.92. The maximum absolute atomic E-state index is 13.7. The molecule has 3 aromatic rings. The van der Waals surface area contributed by atoms with E-state index in [0.717, 1.165) is 55.3 Å². The van der Waals surface area contributed by atoms with Crippen molar-refractivity contribution in [1.82, 2.24) is 13.9 Å². The number of sulfone groups is 1. The first-order valence-corrected chi connectivity index (χ1v) is 17.1. The minimum absolute atomic E-state index is 0.0123. The predicted molar refractivity (Wildman–Crippen MR) is 149 cm³/mol. The van der Waals surface area contributed by atoms with Crippen molar-refractivity contribution in [3.05, 3.63) is 34.6 Å². The molecule has 4 heterocycles. The van der Waals surface area contributed by atoms with Gasteiger partial charge in [0.25, 0.3) is 10.0 Å². The van der Waals surface area contributed by atoms with Gasteiger partial charge < -0.3 is 14.0 Å². The molecule has 2 saturated heterocycles. The second-order valence-corrected chi connectivity index (χ2v) is 16.9. The fraction of sp³-hybridized carbons (Fsp3) is 0.560. The van der Waals surface area contributed by atoms with E-state index in [4.69, 9.17) is 14.5 Å². The molecule has 0 saturated carbocycles. The van der Waals surface area contributed by atoms with Gasteiger partial charge >= 0.3 is 0 Å². The molecule has 0 amide bonds. The van der Waals surface area contributed by atoms with Gasteiger partial charge in [-0.15, -0.1) is 11.3 Å². The Morgan fingerprint density at radius 3 is 2.34 bits per heavy atom. The fourth-order valence-electron chi connectivity index (χ4n) is 4.88. The van der Waals surface area contributed by atoms with Crippen molar-refractivity contribution < 1.29 is 26.3 Å². The van der Waals surface area contributed by atoms with Crippen molar-refractivity contribution in [3.63, 3.8) is 0 Å². The molecule has 38 heavy (non-hydrogen) atoms. The van der Waals surface area contributed by atoms with Crippen LogP contribution in [0.1, 0.15) is 39.4 Å². The molecule has 0 atom stereocenters. The van der Waals surface area contributed by atoms with Crippen LogP contribution in [0.3, 0.4) is 0 Å². The smallest absolute Gasteiger partial charge is 0.252 e. The van der Waals surface area contributed by atoms with Crippen LogP contribution in [-0.4, -0.2) is 70.2 Å². The highest BCUT2D eigenvalue weighted by molar-refractivity contribution is 9.10. The van der Waals surface area contributed by atoms with E-state index in [9.17, 15) is 16.8 Å². The summed E-state index contributed by atoms with van der Waals surface area (Å²) in [6.07, 6.45) is 1.97. The molecule has 2 aliphatic heterocycles. The van der Waals surface area contributed by atoms with Gasteiger partial charge in [-0.2, -0.15) is 4.31 Å². The zero-order valence-corrected chi connectivity index (χ0v) is 25.7. The average Bonchev–Trinajstić information content (AvgIpc) is 3.46. The summed E-state index contributed by atoms with van der Waals surface area (Å²) in [6, 6.07) is 6.38. The third kappa shape index (κ3) is 5.35. The topological polar surface area (TPSA) is 108 Å². The highest BCUT2D eigenvalue weighted by Gasteiger charge is 2.33. The van der Waals surface area contributed by atoms with Gasteiger partial charge in [-0.25, -0.2) is 21.8 Å². The molecular formula is C25H32BrN3O6S3. The van der Waals surface area contributed by atoms with Gasteiger partial charge in [-0.1, -0.05) is 20.8 Å². The summed E-state index contributed by atoms with van der Waals surface area (Å²) in [5.74, 6) is 1.38. The molecule has 2 aliphatic rings. The van der Waals surface area contributed by atoms with Gasteiger partial charge in [0.15, 0.2) is 0 Å². The molecule has 5 rings (SSSR count). The quantitative estimate of drug-likeness (QED) is 0.390. The lowest BCUT2D eigenvalue weighted by atomic mass is 9.94. The Hall–Kier alpha value is -1.35. The summed E-state index contributed by atoms with van der Waals surface area (Å²) in [5.41, 5.74) is 1.26. The number of hydrogen-bond acceptors (Lipinski definition) is 8. The molecule has 0 aliphatic carbocycles. The normalized spacial score (nSPS) is 18.8. The first-order valence-electron chi connectivity index (χ1n) is 12.6. The van der Waals surface area contributed by atoms with E-state index in [-0.39, 0.29) is 36.3 Å². The van der Waals surface area contributed by atoms with Crippen LogP contribution in [0.2, 0.25) is 0 Å². The average molecular weight is 647 g/mol. The number of aromatic nitrogens is 2.